The van der Waals surface area contributed by atoms with Gasteiger partial charge < -0.3 is 20.7 Å². The number of hydrogen-bond donors (Lipinski definition) is 2. The van der Waals surface area contributed by atoms with Gasteiger partial charge in [0.1, 0.15) is 11.5 Å². The molecule has 3 N–H and O–H groups in total. The third kappa shape index (κ3) is 5.03. The van der Waals surface area contributed by atoms with Crippen LogP contribution in [0.2, 0.25) is 0 Å². The van der Waals surface area contributed by atoms with Gasteiger partial charge in [0.15, 0.2) is 5.96 Å². The molecule has 1 fully saturated rings. The molecule has 0 atom stereocenters. The zero-order chi connectivity index (χ0) is 20.1. The summed E-state index contributed by atoms with van der Waals surface area (Å²) in [6, 6.07) is 14.3. The first kappa shape index (κ1) is 19.6. The molecule has 1 aliphatic carbocycles. The van der Waals surface area contributed by atoms with Gasteiger partial charge in [0.25, 0.3) is 0 Å². The summed E-state index contributed by atoms with van der Waals surface area (Å²) in [7, 11) is 0. The maximum atomic E-state index is 6.16. The number of benzene rings is 2. The number of ether oxygens (including phenoxy) is 1. The molecule has 0 radical (unpaired) electrons. The summed E-state index contributed by atoms with van der Waals surface area (Å²) < 4.78 is 6.16. The van der Waals surface area contributed by atoms with E-state index in [0.717, 1.165) is 60.4 Å². The minimum Gasteiger partial charge on any atom is -0.457 e. The summed E-state index contributed by atoms with van der Waals surface area (Å²) in [6.07, 6.45) is 7.89. The lowest BCUT2D eigenvalue weighted by molar-refractivity contribution is 0.373. The number of guanidine groups is 1. The monoisotopic (exact) mass is 392 g/mol. The Morgan fingerprint density at radius 1 is 1.10 bits per heavy atom. The van der Waals surface area contributed by atoms with Crippen molar-refractivity contribution < 1.29 is 4.74 Å². The van der Waals surface area contributed by atoms with Crippen LogP contribution in [0, 0.1) is 5.92 Å². The molecule has 0 bridgehead atoms. The van der Waals surface area contributed by atoms with Crippen molar-refractivity contribution in [2.75, 3.05) is 18.4 Å². The Labute approximate surface area is 174 Å². The van der Waals surface area contributed by atoms with Gasteiger partial charge in [0.05, 0.1) is 5.69 Å². The standard InChI is InChI=1S/C24H32N4O/c1-2-13-28-17-19-14-22(11-12-23(19)27-24(28)25)29-21-10-6-9-20(15-21)26-16-18-7-4-3-5-8-18/h6,9-12,14-15,18,26H,2-5,7-8,13,16-17H2,1H3,(H2,25,27). The van der Waals surface area contributed by atoms with E-state index in [2.05, 4.69) is 40.3 Å². The lowest BCUT2D eigenvalue weighted by atomic mass is 9.89. The second-order valence-electron chi connectivity index (χ2n) is 8.20. The van der Waals surface area contributed by atoms with Gasteiger partial charge >= 0.3 is 0 Å². The average molecular weight is 393 g/mol. The van der Waals surface area contributed by atoms with E-state index in [0.29, 0.717) is 5.96 Å². The lowest BCUT2D eigenvalue weighted by Gasteiger charge is -2.28. The summed E-state index contributed by atoms with van der Waals surface area (Å²) >= 11 is 0. The molecular formula is C24H32N4O. The fourth-order valence-corrected chi connectivity index (χ4v) is 4.26. The highest BCUT2D eigenvalue weighted by Gasteiger charge is 2.18. The Bertz CT molecular complexity index is 858. The Hall–Kier alpha value is -2.69. The molecule has 0 saturated heterocycles. The molecule has 0 aromatic heterocycles. The average Bonchev–Trinajstić information content (AvgIpc) is 2.74. The van der Waals surface area contributed by atoms with Crippen LogP contribution in [0.4, 0.5) is 11.4 Å². The smallest absolute Gasteiger partial charge is 0.196 e. The van der Waals surface area contributed by atoms with Gasteiger partial charge in [-0.15, -0.1) is 0 Å². The van der Waals surface area contributed by atoms with Gasteiger partial charge in [-0.2, -0.15) is 0 Å². The molecule has 1 heterocycles. The van der Waals surface area contributed by atoms with E-state index < -0.39 is 0 Å². The number of fused-ring (bicyclic) bond motifs is 1. The maximum Gasteiger partial charge on any atom is 0.196 e. The van der Waals surface area contributed by atoms with Gasteiger partial charge in [0.2, 0.25) is 0 Å². The van der Waals surface area contributed by atoms with Crippen molar-refractivity contribution in [1.29, 1.82) is 0 Å². The number of nitrogens with zero attached hydrogens (tertiary/aromatic N) is 2. The number of nitrogens with one attached hydrogen (secondary N) is 1. The third-order valence-electron chi connectivity index (χ3n) is 5.85. The van der Waals surface area contributed by atoms with Gasteiger partial charge in [-0.05, 0) is 55.5 Å². The van der Waals surface area contributed by atoms with Crippen LogP contribution in [0.15, 0.2) is 47.5 Å². The van der Waals surface area contributed by atoms with Gasteiger partial charge in [-0.3, -0.25) is 0 Å². The highest BCUT2D eigenvalue weighted by molar-refractivity contribution is 5.83. The van der Waals surface area contributed by atoms with Crippen LogP contribution in [-0.4, -0.2) is 23.9 Å². The normalized spacial score (nSPS) is 16.9. The minimum absolute atomic E-state index is 0.602. The topological polar surface area (TPSA) is 62.9 Å². The SMILES string of the molecule is CCCN1Cc2cc(Oc3cccc(NCC4CCCCC4)c3)ccc2N=C1N. The van der Waals surface area contributed by atoms with Crippen molar-refractivity contribution >= 4 is 17.3 Å². The Kier molecular flexibility index (Phi) is 6.23. The Balaban J connectivity index is 1.41. The zero-order valence-electron chi connectivity index (χ0n) is 17.4. The maximum absolute atomic E-state index is 6.16. The second kappa shape index (κ2) is 9.21. The van der Waals surface area contributed by atoms with Crippen molar-refractivity contribution in [1.82, 2.24) is 4.90 Å². The number of nitrogens with two attached hydrogens (primary N) is 1. The second-order valence-corrected chi connectivity index (χ2v) is 8.20. The van der Waals surface area contributed by atoms with Crippen LogP contribution in [-0.2, 0) is 6.54 Å². The largest absolute Gasteiger partial charge is 0.457 e. The van der Waals surface area contributed by atoms with Crippen molar-refractivity contribution in [3.63, 3.8) is 0 Å². The number of aliphatic imine (C=N–C) groups is 1. The van der Waals surface area contributed by atoms with Crippen molar-refractivity contribution in [3.05, 3.63) is 48.0 Å². The first-order chi connectivity index (χ1) is 14.2. The molecule has 0 spiro atoms. The molecule has 0 unspecified atom stereocenters. The highest BCUT2D eigenvalue weighted by atomic mass is 16.5. The van der Waals surface area contributed by atoms with Crippen LogP contribution in [0.25, 0.3) is 0 Å². The number of anilines is 1. The molecule has 1 aliphatic heterocycles. The van der Waals surface area contributed by atoms with Crippen LogP contribution in [0.1, 0.15) is 51.0 Å². The van der Waals surface area contributed by atoms with E-state index in [-0.39, 0.29) is 0 Å². The first-order valence-corrected chi connectivity index (χ1v) is 10.9. The number of rotatable bonds is 7. The predicted octanol–water partition coefficient (Wildman–Crippen LogP) is 5.64. The van der Waals surface area contributed by atoms with Crippen molar-refractivity contribution in [2.45, 2.75) is 52.0 Å². The summed E-state index contributed by atoms with van der Waals surface area (Å²) in [5.74, 6) is 3.08. The molecule has 2 aromatic carbocycles. The van der Waals surface area contributed by atoms with Gasteiger partial charge in [-0.1, -0.05) is 32.3 Å². The molecule has 2 aromatic rings. The fourth-order valence-electron chi connectivity index (χ4n) is 4.26. The summed E-state index contributed by atoms with van der Waals surface area (Å²) in [4.78, 5) is 6.64. The van der Waals surface area contributed by atoms with E-state index in [1.54, 1.807) is 0 Å². The van der Waals surface area contributed by atoms with Crippen LogP contribution in [0.5, 0.6) is 11.5 Å². The quantitative estimate of drug-likeness (QED) is 0.640. The van der Waals surface area contributed by atoms with E-state index >= 15 is 0 Å². The lowest BCUT2D eigenvalue weighted by Crippen LogP contribution is -2.39. The van der Waals surface area contributed by atoms with Gasteiger partial charge in [0, 0.05) is 37.0 Å². The minimum atomic E-state index is 0.602. The summed E-state index contributed by atoms with van der Waals surface area (Å²) in [5, 5.41) is 3.60. The molecule has 5 nitrogen and oxygen atoms in total. The molecule has 0 amide bonds. The third-order valence-corrected chi connectivity index (χ3v) is 5.85. The van der Waals surface area contributed by atoms with E-state index in [1.165, 1.54) is 32.1 Å². The van der Waals surface area contributed by atoms with Crippen molar-refractivity contribution in [2.24, 2.45) is 16.6 Å². The van der Waals surface area contributed by atoms with Crippen molar-refractivity contribution in [3.8, 4) is 11.5 Å². The van der Waals surface area contributed by atoms with E-state index in [4.69, 9.17) is 10.5 Å². The molecule has 4 rings (SSSR count). The first-order valence-electron chi connectivity index (χ1n) is 10.9. The molecule has 5 heteroatoms. The van der Waals surface area contributed by atoms with Crippen LogP contribution in [0.3, 0.4) is 0 Å². The molecule has 154 valence electrons. The van der Waals surface area contributed by atoms with E-state index in [9.17, 15) is 0 Å². The Morgan fingerprint density at radius 3 is 2.76 bits per heavy atom. The van der Waals surface area contributed by atoms with Gasteiger partial charge in [-0.25, -0.2) is 4.99 Å². The summed E-state index contributed by atoms with van der Waals surface area (Å²) in [5.41, 5.74) is 9.29. The molecule has 1 saturated carbocycles. The fraction of sp³-hybridized carbons (Fsp3) is 0.458. The van der Waals surface area contributed by atoms with Crippen LogP contribution < -0.4 is 15.8 Å². The molecule has 29 heavy (non-hydrogen) atoms. The molecular weight excluding hydrogens is 360 g/mol. The van der Waals surface area contributed by atoms with E-state index in [1.807, 2.05) is 24.3 Å². The number of hydrogen-bond acceptors (Lipinski definition) is 5. The highest BCUT2D eigenvalue weighted by Crippen LogP contribution is 2.32. The molecule has 2 aliphatic rings. The predicted molar refractivity (Wildman–Crippen MR) is 120 cm³/mol. The zero-order valence-corrected chi connectivity index (χ0v) is 17.4. The van der Waals surface area contributed by atoms with Crippen LogP contribution >= 0.6 is 0 Å². The Morgan fingerprint density at radius 2 is 1.93 bits per heavy atom. The summed E-state index contributed by atoms with van der Waals surface area (Å²) in [6.45, 7) is 4.89.